The van der Waals surface area contributed by atoms with E-state index in [4.69, 9.17) is 4.74 Å². The number of hydrogen-bond acceptors (Lipinski definition) is 6. The lowest BCUT2D eigenvalue weighted by atomic mass is 9.92. The minimum absolute atomic E-state index is 0. The van der Waals surface area contributed by atoms with Crippen molar-refractivity contribution in [3.05, 3.63) is 64.7 Å². The number of ether oxygens (including phenoxy) is 1. The van der Waals surface area contributed by atoms with Crippen molar-refractivity contribution >= 4 is 29.9 Å². The third-order valence-corrected chi connectivity index (χ3v) is 9.12. The van der Waals surface area contributed by atoms with Crippen molar-refractivity contribution < 1.29 is 19.4 Å². The summed E-state index contributed by atoms with van der Waals surface area (Å²) in [5, 5.41) is 14.5. The number of benzene rings is 2. The number of nitrogens with zero attached hydrogens (tertiary/aromatic N) is 3. The number of β-amino-alcohol motifs (C(OH)–C–C–N with tert-alkyl or cyclic N) is 1. The van der Waals surface area contributed by atoms with E-state index in [0.717, 1.165) is 44.3 Å². The Balaban J connectivity index is 0.00000308. The second-order valence-electron chi connectivity index (χ2n) is 11.4. The van der Waals surface area contributed by atoms with Gasteiger partial charge in [-0.15, -0.1) is 12.4 Å². The van der Waals surface area contributed by atoms with Gasteiger partial charge < -0.3 is 29.9 Å². The number of aliphatic hydroxyl groups excluding tert-OH is 1. The number of carbonyl (C=O) groups is 2. The first-order valence-corrected chi connectivity index (χ1v) is 13.9. The van der Waals surface area contributed by atoms with Crippen molar-refractivity contribution in [3.63, 3.8) is 0 Å². The number of nitrogens with one attached hydrogen (secondary N) is 1. The molecule has 4 aliphatic rings. The molecule has 4 unspecified atom stereocenters. The Labute approximate surface area is 236 Å². The second kappa shape index (κ2) is 11.5. The summed E-state index contributed by atoms with van der Waals surface area (Å²) in [6.07, 6.45) is 4.13. The van der Waals surface area contributed by atoms with E-state index in [-0.39, 0.29) is 55.0 Å². The van der Waals surface area contributed by atoms with Gasteiger partial charge in [-0.3, -0.25) is 9.59 Å². The van der Waals surface area contributed by atoms with Crippen LogP contribution < -0.4 is 10.2 Å². The molecule has 9 heteroatoms. The van der Waals surface area contributed by atoms with Crippen LogP contribution in [0, 0.1) is 0 Å². The highest BCUT2D eigenvalue weighted by atomic mass is 35.5. The zero-order valence-corrected chi connectivity index (χ0v) is 23.5. The smallest absolute Gasteiger partial charge is 0.256 e. The number of anilines is 1. The molecule has 4 heterocycles. The quantitative estimate of drug-likeness (QED) is 0.591. The molecule has 2 amide bonds. The highest BCUT2D eigenvalue weighted by molar-refractivity contribution is 6.03. The van der Waals surface area contributed by atoms with Gasteiger partial charge in [0.15, 0.2) is 0 Å². The minimum Gasteiger partial charge on any atom is -0.390 e. The number of amides is 2. The summed E-state index contributed by atoms with van der Waals surface area (Å²) in [6.45, 7) is 2.14. The van der Waals surface area contributed by atoms with Crippen molar-refractivity contribution in [2.75, 3.05) is 38.7 Å². The van der Waals surface area contributed by atoms with E-state index in [9.17, 15) is 14.7 Å². The molecule has 2 bridgehead atoms. The Kier molecular flexibility index (Phi) is 8.19. The summed E-state index contributed by atoms with van der Waals surface area (Å²) in [5.74, 6) is -0.0459. The van der Waals surface area contributed by atoms with Gasteiger partial charge in [-0.25, -0.2) is 0 Å². The van der Waals surface area contributed by atoms with Crippen molar-refractivity contribution in [1.29, 1.82) is 0 Å². The predicted octanol–water partition coefficient (Wildman–Crippen LogP) is 2.86. The molecule has 2 fully saturated rings. The summed E-state index contributed by atoms with van der Waals surface area (Å²) in [6, 6.07) is 14.1. The average Bonchev–Trinajstić information content (AvgIpc) is 3.15. The van der Waals surface area contributed by atoms with Crippen LogP contribution in [0.1, 0.15) is 57.5 Å². The molecule has 2 aromatic rings. The standard InChI is InChI=1S/C30H38N4O4.ClH/c1-32-11-12-33(18-28(35)26-13-19-5-3-4-6-21(19)17-31-26)30(37)25-10-7-20(14-27(25)32)29(36)34-22-8-9-23(34)16-24(15-22)38-2;/h3-7,10,14,22-24,26,28,31,35H,8-9,11-13,15-18H2,1-2H3;1H. The monoisotopic (exact) mass is 554 g/mol. The molecule has 0 aromatic heterocycles. The number of fused-ring (bicyclic) bond motifs is 4. The first kappa shape index (κ1) is 27.9. The predicted molar refractivity (Wildman–Crippen MR) is 153 cm³/mol. The summed E-state index contributed by atoms with van der Waals surface area (Å²) < 4.78 is 5.60. The molecule has 0 radical (unpaired) electrons. The van der Waals surface area contributed by atoms with Gasteiger partial charge in [0.1, 0.15) is 0 Å². The maximum absolute atomic E-state index is 13.6. The largest absolute Gasteiger partial charge is 0.390 e. The highest BCUT2D eigenvalue weighted by Gasteiger charge is 2.43. The van der Waals surface area contributed by atoms with E-state index in [1.165, 1.54) is 11.1 Å². The molecule has 0 spiro atoms. The van der Waals surface area contributed by atoms with Crippen molar-refractivity contribution in [1.82, 2.24) is 15.1 Å². The van der Waals surface area contributed by atoms with Crippen molar-refractivity contribution in [2.24, 2.45) is 0 Å². The minimum atomic E-state index is -0.675. The number of hydrogen-bond donors (Lipinski definition) is 2. The van der Waals surface area contributed by atoms with Gasteiger partial charge in [0.05, 0.1) is 23.5 Å². The Morgan fingerprint density at radius 3 is 2.54 bits per heavy atom. The number of halogens is 1. The zero-order valence-electron chi connectivity index (χ0n) is 22.7. The van der Waals surface area contributed by atoms with E-state index in [1.807, 2.05) is 25.2 Å². The zero-order chi connectivity index (χ0) is 26.4. The molecule has 2 saturated heterocycles. The van der Waals surface area contributed by atoms with Crippen LogP contribution in [0.25, 0.3) is 0 Å². The van der Waals surface area contributed by atoms with Gasteiger partial charge in [-0.05, 0) is 61.4 Å². The molecular formula is C30H39ClN4O4. The van der Waals surface area contributed by atoms with E-state index < -0.39 is 6.10 Å². The summed E-state index contributed by atoms with van der Waals surface area (Å²) in [5.41, 5.74) is 4.51. The third kappa shape index (κ3) is 5.27. The lowest BCUT2D eigenvalue weighted by Gasteiger charge is -2.38. The molecule has 2 N–H and O–H groups in total. The summed E-state index contributed by atoms with van der Waals surface area (Å²) >= 11 is 0. The lowest BCUT2D eigenvalue weighted by molar-refractivity contribution is 0.00821. The van der Waals surface area contributed by atoms with Gasteiger partial charge in [0.2, 0.25) is 0 Å². The van der Waals surface area contributed by atoms with Gasteiger partial charge in [0.25, 0.3) is 11.8 Å². The maximum atomic E-state index is 13.6. The van der Waals surface area contributed by atoms with E-state index >= 15 is 0 Å². The molecule has 4 atom stereocenters. The molecule has 2 aromatic carbocycles. The molecule has 8 nitrogen and oxygen atoms in total. The van der Waals surface area contributed by atoms with Crippen LogP contribution in [0.15, 0.2) is 42.5 Å². The van der Waals surface area contributed by atoms with E-state index in [2.05, 4.69) is 27.2 Å². The normalized spacial score (nSPS) is 26.8. The molecule has 210 valence electrons. The number of likely N-dealkylation sites (N-methyl/N-ethyl adjacent to an activating group) is 1. The molecule has 4 aliphatic heterocycles. The Hall–Kier alpha value is -2.65. The van der Waals surface area contributed by atoms with Crippen molar-refractivity contribution in [3.8, 4) is 0 Å². The van der Waals surface area contributed by atoms with Crippen LogP contribution in [0.3, 0.4) is 0 Å². The number of methoxy groups -OCH3 is 1. The fourth-order valence-corrected chi connectivity index (χ4v) is 6.90. The number of rotatable bonds is 5. The second-order valence-corrected chi connectivity index (χ2v) is 11.4. The Bertz CT molecular complexity index is 1210. The topological polar surface area (TPSA) is 85.3 Å². The first-order chi connectivity index (χ1) is 18.4. The van der Waals surface area contributed by atoms with Crippen LogP contribution in [-0.4, -0.2) is 90.8 Å². The van der Waals surface area contributed by atoms with Crippen LogP contribution in [0.5, 0.6) is 0 Å². The number of piperidine rings is 1. The molecule has 39 heavy (non-hydrogen) atoms. The molecular weight excluding hydrogens is 516 g/mol. The fourth-order valence-electron chi connectivity index (χ4n) is 6.90. The van der Waals surface area contributed by atoms with Gasteiger partial charge in [0, 0.05) is 64.0 Å². The molecule has 0 saturated carbocycles. The maximum Gasteiger partial charge on any atom is 0.256 e. The summed E-state index contributed by atoms with van der Waals surface area (Å²) in [4.78, 5) is 33.1. The number of aliphatic hydroxyl groups is 1. The van der Waals surface area contributed by atoms with E-state index in [1.54, 1.807) is 24.1 Å². The Morgan fingerprint density at radius 2 is 1.82 bits per heavy atom. The number of carbonyl (C=O) groups excluding carboxylic acids is 2. The van der Waals surface area contributed by atoms with Crippen LogP contribution in [0.2, 0.25) is 0 Å². The van der Waals surface area contributed by atoms with Crippen LogP contribution >= 0.6 is 12.4 Å². The van der Waals surface area contributed by atoms with E-state index in [0.29, 0.717) is 24.2 Å². The summed E-state index contributed by atoms with van der Waals surface area (Å²) in [7, 11) is 3.72. The molecule has 6 rings (SSSR count). The van der Waals surface area contributed by atoms with Crippen molar-refractivity contribution in [2.45, 2.75) is 69.0 Å². The van der Waals surface area contributed by atoms with Gasteiger partial charge in [-0.1, -0.05) is 24.3 Å². The SMILES string of the molecule is COC1CC2CCC(C1)N2C(=O)c1ccc2c(c1)N(C)CCN(CC(O)C1Cc3ccccc3CN1)C2=O.Cl. The van der Waals surface area contributed by atoms with Crippen LogP contribution in [0.4, 0.5) is 5.69 Å². The fraction of sp³-hybridized carbons (Fsp3) is 0.533. The average molecular weight is 555 g/mol. The Morgan fingerprint density at radius 1 is 1.10 bits per heavy atom. The van der Waals surface area contributed by atoms with Crippen LogP contribution in [-0.2, 0) is 17.7 Å². The lowest BCUT2D eigenvalue weighted by Crippen LogP contribution is -2.50. The third-order valence-electron chi connectivity index (χ3n) is 9.12. The molecule has 0 aliphatic carbocycles. The van der Waals surface area contributed by atoms with Gasteiger partial charge in [-0.2, -0.15) is 0 Å². The first-order valence-electron chi connectivity index (χ1n) is 13.9. The highest BCUT2D eigenvalue weighted by Crippen LogP contribution is 2.38. The van der Waals surface area contributed by atoms with Gasteiger partial charge >= 0.3 is 0 Å².